The quantitative estimate of drug-likeness (QED) is 0.319. The third-order valence-electron chi connectivity index (χ3n) is 5.18. The van der Waals surface area contributed by atoms with E-state index in [1.54, 1.807) is 42.7 Å². The van der Waals surface area contributed by atoms with Crippen molar-refractivity contribution in [3.05, 3.63) is 75.2 Å². The highest BCUT2D eigenvalue weighted by molar-refractivity contribution is 5.71. The highest BCUT2D eigenvalue weighted by atomic mass is 16.5. The minimum absolute atomic E-state index is 0.0618. The van der Waals surface area contributed by atoms with Crippen LogP contribution in [0.15, 0.2) is 58.4 Å². The van der Waals surface area contributed by atoms with Crippen LogP contribution in [-0.2, 0) is 13.6 Å². The third-order valence-corrected chi connectivity index (χ3v) is 5.18. The van der Waals surface area contributed by atoms with Crippen molar-refractivity contribution in [1.29, 1.82) is 0 Å². The van der Waals surface area contributed by atoms with E-state index in [2.05, 4.69) is 25.5 Å². The first kappa shape index (κ1) is 23.2. The highest BCUT2D eigenvalue weighted by Crippen LogP contribution is 2.20. The number of nitrogens with zero attached hydrogens (tertiary/aromatic N) is 6. The lowest BCUT2D eigenvalue weighted by atomic mass is 10.2. The van der Waals surface area contributed by atoms with Crippen LogP contribution in [0.4, 0.5) is 0 Å². The van der Waals surface area contributed by atoms with Crippen LogP contribution in [0.5, 0.6) is 5.75 Å². The molecule has 4 aromatic rings. The van der Waals surface area contributed by atoms with Crippen molar-refractivity contribution < 1.29 is 9.84 Å². The Labute approximate surface area is 194 Å². The molecule has 0 spiro atoms. The van der Waals surface area contributed by atoms with E-state index in [4.69, 9.17) is 9.84 Å². The molecule has 0 bridgehead atoms. The van der Waals surface area contributed by atoms with Gasteiger partial charge in [-0.2, -0.15) is 0 Å². The molecule has 0 saturated carbocycles. The number of hydrogen-bond donors (Lipinski definition) is 2. The fourth-order valence-electron chi connectivity index (χ4n) is 3.39. The Morgan fingerprint density at radius 2 is 1.91 bits per heavy atom. The van der Waals surface area contributed by atoms with E-state index in [1.807, 2.05) is 6.07 Å². The molecule has 0 unspecified atom stereocenters. The van der Waals surface area contributed by atoms with Gasteiger partial charge in [0.15, 0.2) is 17.0 Å². The third kappa shape index (κ3) is 5.16. The van der Waals surface area contributed by atoms with Crippen LogP contribution in [0.1, 0.15) is 12.0 Å². The highest BCUT2D eigenvalue weighted by Gasteiger charge is 2.16. The topological polar surface area (TPSA) is 137 Å². The lowest BCUT2D eigenvalue weighted by molar-refractivity contribution is 0.282. The van der Waals surface area contributed by atoms with E-state index in [0.29, 0.717) is 24.5 Å². The number of ether oxygens (including phenoxy) is 1. The van der Waals surface area contributed by atoms with Crippen LogP contribution in [-0.4, -0.2) is 60.7 Å². The van der Waals surface area contributed by atoms with Gasteiger partial charge in [0.25, 0.3) is 5.56 Å². The molecule has 11 heteroatoms. The van der Waals surface area contributed by atoms with Gasteiger partial charge in [-0.25, -0.2) is 9.78 Å². The van der Waals surface area contributed by atoms with Gasteiger partial charge in [-0.15, -0.1) is 10.2 Å². The van der Waals surface area contributed by atoms with Gasteiger partial charge >= 0.3 is 5.69 Å². The van der Waals surface area contributed by atoms with Gasteiger partial charge in [0, 0.05) is 31.5 Å². The Bertz CT molecular complexity index is 1370. The van der Waals surface area contributed by atoms with Crippen molar-refractivity contribution in [2.45, 2.75) is 13.0 Å². The lowest BCUT2D eigenvalue weighted by Crippen LogP contribution is -2.39. The molecule has 34 heavy (non-hydrogen) atoms. The van der Waals surface area contributed by atoms with Crippen LogP contribution in [0.25, 0.3) is 22.6 Å². The fourth-order valence-corrected chi connectivity index (χ4v) is 3.39. The van der Waals surface area contributed by atoms with Gasteiger partial charge in [-0.05, 0) is 48.9 Å². The van der Waals surface area contributed by atoms with Gasteiger partial charge in [-0.1, -0.05) is 6.07 Å². The van der Waals surface area contributed by atoms with E-state index in [9.17, 15) is 9.59 Å². The predicted octanol–water partition coefficient (Wildman–Crippen LogP) is 0.346. The molecular formula is C23H25N7O4. The van der Waals surface area contributed by atoms with E-state index in [-0.39, 0.29) is 30.1 Å². The Hall–Kier alpha value is -3.96. The molecule has 0 aliphatic carbocycles. The minimum Gasteiger partial charge on any atom is -0.494 e. The number of aliphatic hydroxyl groups is 1. The second-order valence-electron chi connectivity index (χ2n) is 7.60. The van der Waals surface area contributed by atoms with Crippen LogP contribution in [0.2, 0.25) is 0 Å². The number of aromatic nitrogens is 6. The maximum Gasteiger partial charge on any atom is 0.332 e. The number of nitrogens with one attached hydrogen (secondary N) is 1. The number of aliphatic hydroxyl groups excluding tert-OH is 1. The van der Waals surface area contributed by atoms with Crippen molar-refractivity contribution in [3.8, 4) is 17.1 Å². The number of pyridine rings is 1. The SMILES string of the molecule is Cn1c(=O)c2nc(-c3ccc(OCCCNCCO)cc3)nnc2n(Cc2cccnc2)c1=O. The molecule has 0 radical (unpaired) electrons. The van der Waals surface area contributed by atoms with Crippen LogP contribution in [0, 0.1) is 0 Å². The summed E-state index contributed by atoms with van der Waals surface area (Å²) in [6, 6.07) is 10.8. The lowest BCUT2D eigenvalue weighted by Gasteiger charge is -2.11. The maximum atomic E-state index is 12.8. The first-order valence-electron chi connectivity index (χ1n) is 10.9. The van der Waals surface area contributed by atoms with E-state index in [0.717, 1.165) is 23.1 Å². The predicted molar refractivity (Wildman–Crippen MR) is 126 cm³/mol. The molecule has 3 heterocycles. The summed E-state index contributed by atoms with van der Waals surface area (Å²) in [6.07, 6.45) is 4.10. The summed E-state index contributed by atoms with van der Waals surface area (Å²) in [4.78, 5) is 34.0. The van der Waals surface area contributed by atoms with Crippen molar-refractivity contribution >= 4 is 11.2 Å². The summed E-state index contributed by atoms with van der Waals surface area (Å²) in [5, 5.41) is 20.2. The van der Waals surface area contributed by atoms with Crippen molar-refractivity contribution in [1.82, 2.24) is 34.6 Å². The molecular weight excluding hydrogens is 438 g/mol. The van der Waals surface area contributed by atoms with Crippen LogP contribution >= 0.6 is 0 Å². The molecule has 0 aliphatic rings. The van der Waals surface area contributed by atoms with Crippen molar-refractivity contribution in [2.24, 2.45) is 7.05 Å². The van der Waals surface area contributed by atoms with Gasteiger partial charge < -0.3 is 15.2 Å². The fraction of sp³-hybridized carbons (Fsp3) is 0.304. The van der Waals surface area contributed by atoms with Crippen molar-refractivity contribution in [3.63, 3.8) is 0 Å². The Balaban J connectivity index is 1.57. The molecule has 11 nitrogen and oxygen atoms in total. The van der Waals surface area contributed by atoms with Gasteiger partial charge in [0.2, 0.25) is 0 Å². The molecule has 2 N–H and O–H groups in total. The largest absolute Gasteiger partial charge is 0.494 e. The summed E-state index contributed by atoms with van der Waals surface area (Å²) in [7, 11) is 1.41. The van der Waals surface area contributed by atoms with E-state index >= 15 is 0 Å². The Morgan fingerprint density at radius 1 is 1.09 bits per heavy atom. The normalized spacial score (nSPS) is 11.1. The van der Waals surface area contributed by atoms with Crippen LogP contribution < -0.4 is 21.3 Å². The first-order chi connectivity index (χ1) is 16.6. The second kappa shape index (κ2) is 10.8. The minimum atomic E-state index is -0.534. The molecule has 4 rings (SSSR count). The average Bonchev–Trinajstić information content (AvgIpc) is 2.88. The monoisotopic (exact) mass is 463 g/mol. The average molecular weight is 463 g/mol. The molecule has 0 atom stereocenters. The summed E-state index contributed by atoms with van der Waals surface area (Å²) >= 11 is 0. The zero-order valence-corrected chi connectivity index (χ0v) is 18.7. The molecule has 3 aromatic heterocycles. The summed E-state index contributed by atoms with van der Waals surface area (Å²) in [5.74, 6) is 0.969. The molecule has 0 saturated heterocycles. The Kier molecular flexibility index (Phi) is 7.35. The number of benzene rings is 1. The van der Waals surface area contributed by atoms with Crippen molar-refractivity contribution in [2.75, 3.05) is 26.3 Å². The smallest absolute Gasteiger partial charge is 0.332 e. The summed E-state index contributed by atoms with van der Waals surface area (Å²) in [5.41, 5.74) is 0.599. The zero-order valence-electron chi connectivity index (χ0n) is 18.7. The second-order valence-corrected chi connectivity index (χ2v) is 7.60. The van der Waals surface area contributed by atoms with Gasteiger partial charge in [0.05, 0.1) is 19.8 Å². The molecule has 1 aromatic carbocycles. The first-order valence-corrected chi connectivity index (χ1v) is 10.9. The van der Waals surface area contributed by atoms with Gasteiger partial charge in [-0.3, -0.25) is 18.9 Å². The Morgan fingerprint density at radius 3 is 2.65 bits per heavy atom. The maximum absolute atomic E-state index is 12.8. The number of hydrogen-bond acceptors (Lipinski definition) is 9. The molecule has 0 amide bonds. The standard InChI is InChI=1S/C23H25N7O4/c1-29-22(32)19-21(30(23(29)33)15-16-4-2-9-25-14-16)28-27-20(26-19)17-5-7-18(8-6-17)34-13-3-10-24-11-12-31/h2,4-9,14,24,31H,3,10-13,15H2,1H3. The molecule has 176 valence electrons. The number of rotatable bonds is 10. The van der Waals surface area contributed by atoms with Gasteiger partial charge in [0.1, 0.15) is 5.75 Å². The summed E-state index contributed by atoms with van der Waals surface area (Å²) in [6.45, 7) is 2.17. The molecule has 0 fully saturated rings. The van der Waals surface area contributed by atoms with E-state index < -0.39 is 11.2 Å². The number of fused-ring (bicyclic) bond motifs is 1. The zero-order chi connectivity index (χ0) is 23.9. The molecule has 0 aliphatic heterocycles. The summed E-state index contributed by atoms with van der Waals surface area (Å²) < 4.78 is 8.09. The van der Waals surface area contributed by atoms with Crippen LogP contribution in [0.3, 0.4) is 0 Å². The van der Waals surface area contributed by atoms with E-state index in [1.165, 1.54) is 11.6 Å².